The summed E-state index contributed by atoms with van der Waals surface area (Å²) >= 11 is 4.69. The molecule has 34 heavy (non-hydrogen) atoms. The van der Waals surface area contributed by atoms with E-state index in [1.54, 1.807) is 10.7 Å². The predicted octanol–water partition coefficient (Wildman–Crippen LogP) is 8.85. The van der Waals surface area contributed by atoms with E-state index in [-0.39, 0.29) is 5.41 Å². The molecular weight excluding hydrogens is 546 g/mol. The first-order chi connectivity index (χ1) is 16.5. The van der Waals surface area contributed by atoms with Gasteiger partial charge in [-0.25, -0.2) is 0 Å². The second-order valence-corrected chi connectivity index (χ2v) is 25.7. The Morgan fingerprint density at radius 3 is 1.79 bits per heavy atom. The van der Waals surface area contributed by atoms with Crippen molar-refractivity contribution in [1.29, 1.82) is 0 Å². The van der Waals surface area contributed by atoms with Crippen LogP contribution in [0.3, 0.4) is 0 Å². The summed E-state index contributed by atoms with van der Waals surface area (Å²) in [4.78, 5) is 0. The molecule has 4 bridgehead atoms. The zero-order valence-corrected chi connectivity index (χ0v) is 26.0. The van der Waals surface area contributed by atoms with Crippen molar-refractivity contribution in [2.45, 2.75) is 117 Å². The number of halogens is 1. The van der Waals surface area contributed by atoms with Crippen LogP contribution in [0.15, 0.2) is 12.1 Å². The molecule has 0 atom stereocenters. The molecule has 0 saturated heterocycles. The Balaban J connectivity index is 1.78. The van der Waals surface area contributed by atoms with E-state index in [4.69, 9.17) is 21.1 Å². The third kappa shape index (κ3) is 5.64. The van der Waals surface area contributed by atoms with Crippen molar-refractivity contribution in [1.82, 2.24) is 0 Å². The van der Waals surface area contributed by atoms with Crippen LogP contribution in [-0.2, 0) is 10.2 Å². The number of methoxy groups -OCH3 is 1. The fraction of sp³-hybridized carbons (Fsp3) is 0.800. The summed E-state index contributed by atoms with van der Waals surface area (Å²) in [6.45, 7) is 7.38. The van der Waals surface area contributed by atoms with Gasteiger partial charge in [-0.2, -0.15) is 0 Å². The fourth-order valence-corrected chi connectivity index (χ4v) is 26.1. The van der Waals surface area contributed by atoms with Crippen LogP contribution in [0, 0.1) is 17.8 Å². The van der Waals surface area contributed by atoms with Crippen LogP contribution in [0.25, 0.3) is 0 Å². The molecule has 1 aromatic carbocycles. The van der Waals surface area contributed by atoms with Gasteiger partial charge in [0, 0.05) is 0 Å². The summed E-state index contributed by atoms with van der Waals surface area (Å²) < 4.78 is 17.7. The molecular formula is C30H49ClO2Sn. The third-order valence-corrected chi connectivity index (χ3v) is 26.0. The molecule has 0 N–H and O–H groups in total. The molecule has 0 amide bonds. The average molecular weight is 596 g/mol. The Labute approximate surface area is 218 Å². The van der Waals surface area contributed by atoms with Crippen molar-refractivity contribution < 1.29 is 9.47 Å². The Morgan fingerprint density at radius 2 is 1.35 bits per heavy atom. The summed E-state index contributed by atoms with van der Waals surface area (Å²) in [5.74, 6) is 3.86. The van der Waals surface area contributed by atoms with Gasteiger partial charge in [0.1, 0.15) is 0 Å². The number of hydrogen-bond donors (Lipinski definition) is 0. The molecule has 4 heteroatoms. The molecule has 4 aliphatic carbocycles. The van der Waals surface area contributed by atoms with Crippen LogP contribution in [-0.4, -0.2) is 32.3 Å². The van der Waals surface area contributed by atoms with Gasteiger partial charge < -0.3 is 0 Å². The van der Waals surface area contributed by atoms with E-state index >= 15 is 0 Å². The fourth-order valence-electron chi connectivity index (χ4n) is 8.38. The minimum absolute atomic E-state index is 0.286. The summed E-state index contributed by atoms with van der Waals surface area (Å²) in [5.41, 5.74) is 1.72. The van der Waals surface area contributed by atoms with Crippen LogP contribution >= 0.6 is 11.6 Å². The van der Waals surface area contributed by atoms with Crippen molar-refractivity contribution in [3.63, 3.8) is 0 Å². The number of unbranched alkanes of at least 4 members (excludes halogenated alkanes) is 3. The van der Waals surface area contributed by atoms with Gasteiger partial charge in [0.15, 0.2) is 0 Å². The van der Waals surface area contributed by atoms with Crippen LogP contribution in [0.2, 0.25) is 18.3 Å². The molecule has 4 aliphatic rings. The summed E-state index contributed by atoms with van der Waals surface area (Å²) in [6, 6.07) is 4.90. The summed E-state index contributed by atoms with van der Waals surface area (Å²) in [5, 5.41) is 1.09. The van der Waals surface area contributed by atoms with Crippen molar-refractivity contribution in [3.05, 3.63) is 22.7 Å². The number of ether oxygens (including phenoxy) is 2. The summed E-state index contributed by atoms with van der Waals surface area (Å²) in [7, 11) is 1.74. The van der Waals surface area contributed by atoms with Gasteiger partial charge in [0.25, 0.3) is 0 Å². The first-order valence-corrected chi connectivity index (χ1v) is 22.3. The molecule has 4 saturated carbocycles. The quantitative estimate of drug-likeness (QED) is 0.158. The van der Waals surface area contributed by atoms with Gasteiger partial charge >= 0.3 is 220 Å². The molecule has 0 aliphatic heterocycles. The van der Waals surface area contributed by atoms with Crippen LogP contribution in [0.5, 0.6) is 5.75 Å². The zero-order valence-electron chi connectivity index (χ0n) is 22.4. The van der Waals surface area contributed by atoms with Crippen LogP contribution < -0.4 is 8.32 Å². The maximum atomic E-state index is 7.36. The van der Waals surface area contributed by atoms with E-state index in [1.807, 2.05) is 0 Å². The molecule has 0 aromatic heterocycles. The molecule has 0 spiro atoms. The van der Waals surface area contributed by atoms with Gasteiger partial charge in [-0.3, -0.25) is 0 Å². The SMILES string of the molecule is CCC[CH2][Sn]([CH2]CCC)([CH2]CCC)[c]1cc(OCOC)c(C23CC4CC(CC(C4)C2)C3)cc1Cl. The molecule has 2 nitrogen and oxygen atoms in total. The third-order valence-electron chi connectivity index (χ3n) is 9.61. The van der Waals surface area contributed by atoms with Crippen molar-refractivity contribution in [3.8, 4) is 5.75 Å². The van der Waals surface area contributed by atoms with E-state index in [0.717, 1.165) is 28.5 Å². The van der Waals surface area contributed by atoms with Crippen LogP contribution in [0.4, 0.5) is 0 Å². The standard InChI is InChI=1S/C18H22ClO2.3C4H9.Sn/c1-20-11-21-17-3-2-15(19)7-16(17)18-8-12-4-13(9-18)6-14(5-12)10-18;3*1-3-4-2;/h3,7,12-14H,4-6,8-11H2,1H3;3*1,3-4H2,2H3;. The van der Waals surface area contributed by atoms with E-state index in [0.29, 0.717) is 6.79 Å². The van der Waals surface area contributed by atoms with Crippen molar-refractivity contribution in [2.75, 3.05) is 13.9 Å². The van der Waals surface area contributed by atoms with E-state index < -0.39 is 18.4 Å². The second kappa shape index (κ2) is 12.1. The first-order valence-electron chi connectivity index (χ1n) is 14.5. The normalized spacial score (nSPS) is 28.0. The van der Waals surface area contributed by atoms with Gasteiger partial charge in [0.05, 0.1) is 0 Å². The predicted molar refractivity (Wildman–Crippen MR) is 148 cm³/mol. The van der Waals surface area contributed by atoms with Crippen molar-refractivity contribution >= 4 is 33.6 Å². The Bertz CT molecular complexity index is 750. The summed E-state index contributed by atoms with van der Waals surface area (Å²) in [6.07, 6.45) is 16.3. The molecule has 1 aromatic rings. The van der Waals surface area contributed by atoms with Gasteiger partial charge in [-0.1, -0.05) is 0 Å². The van der Waals surface area contributed by atoms with E-state index in [9.17, 15) is 0 Å². The number of rotatable bonds is 14. The monoisotopic (exact) mass is 596 g/mol. The molecule has 0 heterocycles. The Kier molecular flexibility index (Phi) is 9.63. The van der Waals surface area contributed by atoms with Crippen molar-refractivity contribution in [2.24, 2.45) is 17.8 Å². The molecule has 192 valence electrons. The molecule has 4 fully saturated rings. The van der Waals surface area contributed by atoms with Crippen LogP contribution in [0.1, 0.15) is 103 Å². The van der Waals surface area contributed by atoms with Gasteiger partial charge in [-0.15, -0.1) is 0 Å². The number of benzene rings is 1. The maximum absolute atomic E-state index is 7.36. The molecule has 0 unspecified atom stereocenters. The Morgan fingerprint density at radius 1 is 0.853 bits per heavy atom. The molecule has 5 rings (SSSR count). The average Bonchev–Trinajstić information content (AvgIpc) is 2.82. The van der Waals surface area contributed by atoms with Gasteiger partial charge in [-0.05, 0) is 0 Å². The minimum atomic E-state index is -2.67. The Hall–Kier alpha value is 0.0687. The zero-order chi connectivity index (χ0) is 24.2. The topological polar surface area (TPSA) is 18.5 Å². The first kappa shape index (κ1) is 27.1. The van der Waals surface area contributed by atoms with Gasteiger partial charge in [0.2, 0.25) is 0 Å². The molecule has 0 radical (unpaired) electrons. The van der Waals surface area contributed by atoms with E-state index in [1.165, 1.54) is 95.9 Å². The van der Waals surface area contributed by atoms with E-state index in [2.05, 4.69) is 32.9 Å². The second-order valence-electron chi connectivity index (χ2n) is 12.2. The number of hydrogen-bond acceptors (Lipinski definition) is 2.